The van der Waals surface area contributed by atoms with E-state index in [1.54, 1.807) is 0 Å². The van der Waals surface area contributed by atoms with Crippen LogP contribution in [0.1, 0.15) is 12.5 Å². The lowest BCUT2D eigenvalue weighted by Gasteiger charge is -2.08. The molecule has 3 heteroatoms. The van der Waals surface area contributed by atoms with Crippen molar-refractivity contribution in [2.75, 3.05) is 0 Å². The summed E-state index contributed by atoms with van der Waals surface area (Å²) in [5.41, 5.74) is 5.62. The van der Waals surface area contributed by atoms with E-state index in [0.29, 0.717) is 5.95 Å². The third-order valence-corrected chi connectivity index (χ3v) is 5.05. The summed E-state index contributed by atoms with van der Waals surface area (Å²) in [5.74, 6) is 0.701. The summed E-state index contributed by atoms with van der Waals surface area (Å²) in [5, 5.41) is 2.44. The quantitative estimate of drug-likeness (QED) is 0.412. The predicted molar refractivity (Wildman–Crippen MR) is 111 cm³/mol. The monoisotopic (exact) mass is 349 g/mol. The van der Waals surface area contributed by atoms with Crippen LogP contribution >= 0.6 is 0 Å². The first-order chi connectivity index (χ1) is 13.3. The molecule has 0 atom stereocenters. The van der Waals surface area contributed by atoms with Crippen molar-refractivity contribution in [3.8, 4) is 17.2 Å². The van der Waals surface area contributed by atoms with E-state index < -0.39 is 0 Å². The largest absolute Gasteiger partial charge is 0.278 e. The Morgan fingerprint density at radius 3 is 2.19 bits per heavy atom. The van der Waals surface area contributed by atoms with Crippen molar-refractivity contribution in [1.29, 1.82) is 0 Å². The Kier molecular flexibility index (Phi) is 3.72. The summed E-state index contributed by atoms with van der Waals surface area (Å²) in [7, 11) is 0. The van der Waals surface area contributed by atoms with Crippen molar-refractivity contribution < 1.29 is 0 Å². The smallest absolute Gasteiger partial charge is 0.235 e. The Bertz CT molecular complexity index is 1210. The lowest BCUT2D eigenvalue weighted by molar-refractivity contribution is 0.991. The van der Waals surface area contributed by atoms with E-state index in [0.717, 1.165) is 28.7 Å². The van der Waals surface area contributed by atoms with Crippen molar-refractivity contribution in [2.24, 2.45) is 0 Å². The first-order valence-electron chi connectivity index (χ1n) is 9.26. The van der Waals surface area contributed by atoms with Gasteiger partial charge in [0.1, 0.15) is 0 Å². The lowest BCUT2D eigenvalue weighted by atomic mass is 10.1. The molecule has 0 spiro atoms. The fraction of sp³-hybridized carbons (Fsp3) is 0.0833. The minimum atomic E-state index is 0.701. The zero-order chi connectivity index (χ0) is 18.2. The SMILES string of the molecule is CCc1cccc(-c2ccnc(-n3c4ccccc4c4ccccc43)n2)c1. The molecule has 0 N–H and O–H groups in total. The molecule has 2 heterocycles. The Hall–Kier alpha value is -3.46. The van der Waals surface area contributed by atoms with E-state index in [2.05, 4.69) is 89.3 Å². The van der Waals surface area contributed by atoms with Crippen molar-refractivity contribution in [2.45, 2.75) is 13.3 Å². The summed E-state index contributed by atoms with van der Waals surface area (Å²) < 4.78 is 2.15. The van der Waals surface area contributed by atoms with Crippen LogP contribution in [0.2, 0.25) is 0 Å². The summed E-state index contributed by atoms with van der Waals surface area (Å²) in [4.78, 5) is 9.52. The standard InChI is InChI=1S/C24H19N3/c1-2-17-8-7-9-18(16-17)21-14-15-25-24(26-21)27-22-12-5-3-10-19(22)20-11-4-6-13-23(20)27/h3-16H,2H2,1H3. The van der Waals surface area contributed by atoms with Crippen LogP contribution in [-0.2, 0) is 6.42 Å². The first-order valence-corrected chi connectivity index (χ1v) is 9.26. The van der Waals surface area contributed by atoms with Gasteiger partial charge in [0.25, 0.3) is 0 Å². The zero-order valence-electron chi connectivity index (χ0n) is 15.1. The van der Waals surface area contributed by atoms with Crippen LogP contribution in [0.15, 0.2) is 85.1 Å². The van der Waals surface area contributed by atoms with E-state index in [1.165, 1.54) is 16.3 Å². The number of hydrogen-bond acceptors (Lipinski definition) is 2. The first kappa shape index (κ1) is 15.8. The van der Waals surface area contributed by atoms with Gasteiger partial charge in [0.2, 0.25) is 5.95 Å². The van der Waals surface area contributed by atoms with Crippen LogP contribution in [-0.4, -0.2) is 14.5 Å². The van der Waals surface area contributed by atoms with E-state index in [9.17, 15) is 0 Å². The number of fused-ring (bicyclic) bond motifs is 3. The van der Waals surface area contributed by atoms with Crippen LogP contribution in [0.25, 0.3) is 39.0 Å². The van der Waals surface area contributed by atoms with E-state index in [-0.39, 0.29) is 0 Å². The van der Waals surface area contributed by atoms with Crippen molar-refractivity contribution >= 4 is 21.8 Å². The molecule has 0 aliphatic rings. The van der Waals surface area contributed by atoms with Crippen LogP contribution in [0.5, 0.6) is 0 Å². The van der Waals surface area contributed by atoms with Gasteiger partial charge < -0.3 is 0 Å². The number of rotatable bonds is 3. The highest BCUT2D eigenvalue weighted by atomic mass is 15.2. The second kappa shape index (κ2) is 6.36. The lowest BCUT2D eigenvalue weighted by Crippen LogP contribution is -2.01. The van der Waals surface area contributed by atoms with Crippen LogP contribution < -0.4 is 0 Å². The summed E-state index contributed by atoms with van der Waals surface area (Å²) in [6.07, 6.45) is 2.86. The summed E-state index contributed by atoms with van der Waals surface area (Å²) in [6, 6.07) is 27.4. The van der Waals surface area contributed by atoms with Gasteiger partial charge in [-0.05, 0) is 36.2 Å². The molecule has 0 fully saturated rings. The van der Waals surface area contributed by atoms with Crippen LogP contribution in [0.3, 0.4) is 0 Å². The fourth-order valence-corrected chi connectivity index (χ4v) is 3.71. The maximum absolute atomic E-state index is 4.91. The predicted octanol–water partition coefficient (Wildman–Crippen LogP) is 5.80. The van der Waals surface area contributed by atoms with Gasteiger partial charge in [-0.1, -0.05) is 61.5 Å². The van der Waals surface area contributed by atoms with E-state index in [1.807, 2.05) is 12.3 Å². The van der Waals surface area contributed by atoms with Gasteiger partial charge >= 0.3 is 0 Å². The minimum Gasteiger partial charge on any atom is -0.278 e. The number of aromatic nitrogens is 3. The van der Waals surface area contributed by atoms with Crippen LogP contribution in [0.4, 0.5) is 0 Å². The molecular formula is C24H19N3. The van der Waals surface area contributed by atoms with Gasteiger partial charge in [-0.25, -0.2) is 9.97 Å². The normalized spacial score (nSPS) is 11.3. The molecule has 0 saturated carbocycles. The molecule has 5 rings (SSSR count). The molecular weight excluding hydrogens is 330 g/mol. The molecule has 0 aliphatic heterocycles. The topological polar surface area (TPSA) is 30.7 Å². The summed E-state index contributed by atoms with van der Waals surface area (Å²) >= 11 is 0. The molecule has 3 aromatic carbocycles. The molecule has 3 nitrogen and oxygen atoms in total. The second-order valence-corrected chi connectivity index (χ2v) is 6.67. The Labute approximate surface area is 157 Å². The van der Waals surface area contributed by atoms with Crippen molar-refractivity contribution in [3.63, 3.8) is 0 Å². The number of nitrogens with zero attached hydrogens (tertiary/aromatic N) is 3. The highest BCUT2D eigenvalue weighted by Gasteiger charge is 2.13. The zero-order valence-corrected chi connectivity index (χ0v) is 15.1. The Morgan fingerprint density at radius 2 is 1.48 bits per heavy atom. The van der Waals surface area contributed by atoms with Gasteiger partial charge in [0.05, 0.1) is 16.7 Å². The van der Waals surface area contributed by atoms with E-state index >= 15 is 0 Å². The molecule has 0 unspecified atom stereocenters. The molecule has 5 aromatic rings. The number of aryl methyl sites for hydroxylation is 1. The molecule has 0 aliphatic carbocycles. The maximum atomic E-state index is 4.91. The highest BCUT2D eigenvalue weighted by Crippen LogP contribution is 2.31. The average Bonchev–Trinajstić information content (AvgIpc) is 3.08. The third kappa shape index (κ3) is 2.59. The maximum Gasteiger partial charge on any atom is 0.235 e. The second-order valence-electron chi connectivity index (χ2n) is 6.67. The molecule has 0 radical (unpaired) electrons. The molecule has 2 aromatic heterocycles. The third-order valence-electron chi connectivity index (χ3n) is 5.05. The van der Waals surface area contributed by atoms with Gasteiger partial charge in [-0.15, -0.1) is 0 Å². The Morgan fingerprint density at radius 1 is 0.778 bits per heavy atom. The number of hydrogen-bond donors (Lipinski definition) is 0. The van der Waals surface area contributed by atoms with Crippen molar-refractivity contribution in [1.82, 2.24) is 14.5 Å². The Balaban J connectivity index is 1.76. The molecule has 27 heavy (non-hydrogen) atoms. The van der Waals surface area contributed by atoms with Gasteiger partial charge in [0, 0.05) is 22.5 Å². The number of para-hydroxylation sites is 2. The minimum absolute atomic E-state index is 0.701. The van der Waals surface area contributed by atoms with Crippen LogP contribution in [0, 0.1) is 0 Å². The van der Waals surface area contributed by atoms with Gasteiger partial charge in [-0.3, -0.25) is 4.57 Å². The molecule has 0 bridgehead atoms. The van der Waals surface area contributed by atoms with Crippen molar-refractivity contribution in [3.05, 3.63) is 90.6 Å². The molecule has 0 saturated heterocycles. The van der Waals surface area contributed by atoms with E-state index in [4.69, 9.17) is 4.98 Å². The molecule has 130 valence electrons. The fourth-order valence-electron chi connectivity index (χ4n) is 3.71. The average molecular weight is 349 g/mol. The highest BCUT2D eigenvalue weighted by molar-refractivity contribution is 6.08. The summed E-state index contributed by atoms with van der Waals surface area (Å²) in [6.45, 7) is 2.17. The number of benzene rings is 3. The van der Waals surface area contributed by atoms with Gasteiger partial charge in [0.15, 0.2) is 0 Å². The molecule has 0 amide bonds. The van der Waals surface area contributed by atoms with Gasteiger partial charge in [-0.2, -0.15) is 0 Å².